The van der Waals surface area contributed by atoms with Crippen molar-refractivity contribution in [3.8, 4) is 11.4 Å². The summed E-state index contributed by atoms with van der Waals surface area (Å²) >= 11 is 0. The van der Waals surface area contributed by atoms with Crippen LogP contribution in [0, 0.1) is 11.2 Å². The predicted octanol–water partition coefficient (Wildman–Crippen LogP) is 6.51. The Bertz CT molecular complexity index is 1440. The number of carbonyl (C=O) groups excluding carboxylic acids is 1. The smallest absolute Gasteiger partial charge is 0.419 e. The molecule has 0 spiro atoms. The third kappa shape index (κ3) is 7.18. The van der Waals surface area contributed by atoms with Gasteiger partial charge < -0.3 is 14.8 Å². The molecule has 1 amide bonds. The minimum absolute atomic E-state index is 0. The monoisotopic (exact) mass is 633 g/mol. The molecule has 2 aromatic carbocycles. The average Bonchev–Trinajstić information content (AvgIpc) is 2.84. The number of amides is 1. The van der Waals surface area contributed by atoms with Crippen molar-refractivity contribution in [2.75, 3.05) is 6.61 Å². The first-order valence-electron chi connectivity index (χ1n) is 12.8. The third-order valence-corrected chi connectivity index (χ3v) is 6.79. The zero-order valence-corrected chi connectivity index (χ0v) is 25.6. The molecular weight excluding hydrogens is 603 g/mol. The first kappa shape index (κ1) is 31.9. The van der Waals surface area contributed by atoms with E-state index in [1.165, 1.54) is 4.57 Å². The topological polar surface area (TPSA) is 75.3 Å². The van der Waals surface area contributed by atoms with Crippen LogP contribution in [0.5, 0.6) is 5.75 Å². The van der Waals surface area contributed by atoms with Crippen molar-refractivity contribution in [2.24, 2.45) is 5.41 Å². The molecule has 1 heterocycles. The summed E-state index contributed by atoms with van der Waals surface area (Å²) in [5.41, 5.74) is 0.0638. The van der Waals surface area contributed by atoms with E-state index in [2.05, 4.69) is 19.2 Å². The van der Waals surface area contributed by atoms with E-state index in [1.807, 2.05) is 6.92 Å². The number of ether oxygens (including phenoxy) is 1. The van der Waals surface area contributed by atoms with Gasteiger partial charge >= 0.3 is 6.18 Å². The van der Waals surface area contributed by atoms with Crippen LogP contribution in [0.3, 0.4) is 0 Å². The van der Waals surface area contributed by atoms with Crippen LogP contribution in [-0.4, -0.2) is 22.1 Å². The Morgan fingerprint density at radius 1 is 1.18 bits per heavy atom. The maximum absolute atomic E-state index is 13.7. The molecule has 3 aromatic rings. The Kier molecular flexibility index (Phi) is 9.99. The van der Waals surface area contributed by atoms with Crippen molar-refractivity contribution in [2.45, 2.75) is 65.6 Å². The van der Waals surface area contributed by atoms with Crippen LogP contribution in [-0.2, 0) is 62.9 Å². The van der Waals surface area contributed by atoms with Gasteiger partial charge in [0, 0.05) is 44.7 Å². The zero-order chi connectivity index (χ0) is 28.5. The number of hydrogen-bond donors (Lipinski definition) is 0. The van der Waals surface area contributed by atoms with E-state index in [9.17, 15) is 27.2 Å². The number of nitrogens with zero attached hydrogens (tertiary/aromatic N) is 3. The van der Waals surface area contributed by atoms with Gasteiger partial charge in [0.2, 0.25) is 0 Å². The molecular formula is C29H30F4N3O3Y-. The van der Waals surface area contributed by atoms with Gasteiger partial charge in [-0.2, -0.15) is 13.2 Å². The van der Waals surface area contributed by atoms with E-state index in [0.717, 1.165) is 12.5 Å². The van der Waals surface area contributed by atoms with Crippen LogP contribution < -0.4 is 10.3 Å². The molecule has 0 bridgehead atoms. The molecule has 11 heteroatoms. The van der Waals surface area contributed by atoms with Gasteiger partial charge in [0.15, 0.2) is 0 Å². The summed E-state index contributed by atoms with van der Waals surface area (Å²) in [6, 6.07) is 8.46. The molecule has 1 atom stereocenters. The van der Waals surface area contributed by atoms with Crippen LogP contribution in [0.15, 0.2) is 47.3 Å². The molecule has 0 fully saturated rings. The van der Waals surface area contributed by atoms with Crippen LogP contribution in [0.2, 0.25) is 0 Å². The number of carbonyl (C=O) groups is 1. The summed E-state index contributed by atoms with van der Waals surface area (Å²) in [5, 5.41) is 4.16. The summed E-state index contributed by atoms with van der Waals surface area (Å²) in [5.74, 6) is -1.24. The number of benzene rings is 2. The molecule has 0 saturated carbocycles. The zero-order valence-electron chi connectivity index (χ0n) is 22.8. The van der Waals surface area contributed by atoms with Crippen molar-refractivity contribution in [1.29, 1.82) is 0 Å². The van der Waals surface area contributed by atoms with Crippen molar-refractivity contribution in [3.63, 3.8) is 0 Å². The number of hydrogen-bond acceptors (Lipinski definition) is 4. The molecule has 4 rings (SSSR count). The van der Waals surface area contributed by atoms with Gasteiger partial charge in [0.05, 0.1) is 29.5 Å². The standard InChI is InChI=1S/C29H31F4N3O3.Y/c1-5-39-20-9-7-19(8-10-20)36-26(35-24-16-28(3,4)13-12-21(24)27(36)38)17(2)34-25(37)15-18-6-11-23(30)22(14-18)29(31,32)33;/h6-11,14,17H,5,12-13,15-16H2,1-4H3,(H,34,37);/p-1/t17-;/m1./s1. The molecule has 0 saturated heterocycles. The Hall–Kier alpha value is -2.59. The van der Waals surface area contributed by atoms with Crippen LogP contribution >= 0.6 is 0 Å². The molecule has 1 aliphatic carbocycles. The minimum atomic E-state index is -4.89. The Labute approximate surface area is 255 Å². The van der Waals surface area contributed by atoms with E-state index in [0.29, 0.717) is 54.3 Å². The number of rotatable bonds is 7. The fraction of sp³-hybridized carbons (Fsp3) is 0.414. The fourth-order valence-electron chi connectivity index (χ4n) is 4.80. The molecule has 211 valence electrons. The van der Waals surface area contributed by atoms with E-state index in [4.69, 9.17) is 9.72 Å². The predicted molar refractivity (Wildman–Crippen MR) is 139 cm³/mol. The van der Waals surface area contributed by atoms with Crippen LogP contribution in [0.1, 0.15) is 68.4 Å². The Morgan fingerprint density at radius 3 is 2.48 bits per heavy atom. The molecule has 6 nitrogen and oxygen atoms in total. The maximum atomic E-state index is 13.7. The quantitative estimate of drug-likeness (QED) is 0.279. The number of halogens is 4. The van der Waals surface area contributed by atoms with Gasteiger partial charge in [-0.3, -0.25) is 9.36 Å². The molecule has 1 radical (unpaired) electrons. The van der Waals surface area contributed by atoms with Gasteiger partial charge in [-0.25, -0.2) is 9.37 Å². The molecule has 0 unspecified atom stereocenters. The molecule has 0 aliphatic heterocycles. The van der Waals surface area contributed by atoms with Gasteiger partial charge in [0.25, 0.3) is 5.56 Å². The molecule has 40 heavy (non-hydrogen) atoms. The molecule has 1 aliphatic rings. The van der Waals surface area contributed by atoms with Crippen LogP contribution in [0.25, 0.3) is 11.0 Å². The second-order valence-electron chi connectivity index (χ2n) is 10.5. The second kappa shape index (κ2) is 12.5. The van der Waals surface area contributed by atoms with E-state index in [-0.39, 0.29) is 55.1 Å². The van der Waals surface area contributed by atoms with Crippen LogP contribution in [0.4, 0.5) is 17.6 Å². The Balaban J connectivity index is 0.00000441. The minimum Gasteiger partial charge on any atom is -0.645 e. The number of alkyl halides is 3. The normalized spacial score (nSPS) is 15.0. The van der Waals surface area contributed by atoms with E-state index >= 15 is 0 Å². The average molecular weight is 633 g/mol. The van der Waals surface area contributed by atoms with Crippen molar-refractivity contribution < 1.29 is 59.8 Å². The third-order valence-electron chi connectivity index (χ3n) is 6.79. The van der Waals surface area contributed by atoms with Gasteiger partial charge in [-0.05, 0) is 73.6 Å². The largest absolute Gasteiger partial charge is 0.645 e. The molecule has 0 N–H and O–H groups in total. The van der Waals surface area contributed by atoms with E-state index in [1.54, 1.807) is 31.2 Å². The number of fused-ring (bicyclic) bond motifs is 1. The van der Waals surface area contributed by atoms with Crippen molar-refractivity contribution in [3.05, 3.63) is 92.2 Å². The van der Waals surface area contributed by atoms with Crippen molar-refractivity contribution >= 4 is 5.91 Å². The summed E-state index contributed by atoms with van der Waals surface area (Å²) in [6.45, 7) is 8.16. The van der Waals surface area contributed by atoms with Crippen molar-refractivity contribution in [1.82, 2.24) is 9.55 Å². The van der Waals surface area contributed by atoms with Gasteiger partial charge in [0.1, 0.15) is 17.4 Å². The van der Waals surface area contributed by atoms with Gasteiger partial charge in [-0.15, -0.1) is 0 Å². The summed E-state index contributed by atoms with van der Waals surface area (Å²) < 4.78 is 59.9. The Morgan fingerprint density at radius 2 is 1.85 bits per heavy atom. The fourth-order valence-corrected chi connectivity index (χ4v) is 4.80. The summed E-state index contributed by atoms with van der Waals surface area (Å²) in [4.78, 5) is 31.3. The van der Waals surface area contributed by atoms with E-state index < -0.39 is 35.9 Å². The maximum Gasteiger partial charge on any atom is 0.419 e. The number of aromatic nitrogens is 2. The van der Waals surface area contributed by atoms with Gasteiger partial charge in [-0.1, -0.05) is 32.9 Å². The molecule has 1 aromatic heterocycles. The second-order valence-corrected chi connectivity index (χ2v) is 10.5. The first-order chi connectivity index (χ1) is 18.3. The first-order valence-corrected chi connectivity index (χ1v) is 12.8. The SMILES string of the molecule is CCOc1ccc(-n2c([C@@H](C)[N-]C(=O)Cc3ccc(F)c(C(F)(F)F)c3)nc3c(c2=O)CCC(C)(C)C3)cc1.[Y]. The summed E-state index contributed by atoms with van der Waals surface area (Å²) in [7, 11) is 0. The summed E-state index contributed by atoms with van der Waals surface area (Å²) in [6.07, 6.45) is -3.36.